The van der Waals surface area contributed by atoms with Crippen molar-refractivity contribution in [2.45, 2.75) is 43.0 Å². The Labute approximate surface area is 115 Å². The molecule has 2 rings (SSSR count). The van der Waals surface area contributed by atoms with Gasteiger partial charge in [0.1, 0.15) is 0 Å². The molecule has 1 fully saturated rings. The van der Waals surface area contributed by atoms with Gasteiger partial charge in [-0.2, -0.15) is 0 Å². The summed E-state index contributed by atoms with van der Waals surface area (Å²) in [5.74, 6) is 0. The lowest BCUT2D eigenvalue weighted by Crippen LogP contribution is -2.48. The van der Waals surface area contributed by atoms with Gasteiger partial charge in [0, 0.05) is 25.2 Å². The average Bonchev–Trinajstić information content (AvgIpc) is 2.39. The van der Waals surface area contributed by atoms with E-state index in [4.69, 9.17) is 0 Å². The van der Waals surface area contributed by atoms with Gasteiger partial charge < -0.3 is 10.6 Å². The van der Waals surface area contributed by atoms with Crippen LogP contribution in [0.5, 0.6) is 0 Å². The third kappa shape index (κ3) is 3.16. The molecule has 0 spiro atoms. The molecule has 2 N–H and O–H groups in total. The first-order chi connectivity index (χ1) is 8.91. The Morgan fingerprint density at radius 1 is 1.11 bits per heavy atom. The van der Waals surface area contributed by atoms with E-state index in [0.717, 1.165) is 18.7 Å². The summed E-state index contributed by atoms with van der Waals surface area (Å²) in [5, 5.41) is 6.49. The van der Waals surface area contributed by atoms with E-state index >= 15 is 0 Å². The van der Waals surface area contributed by atoms with E-state index in [1.165, 1.54) is 0 Å². The molecule has 0 aliphatic carbocycles. The smallest absolute Gasteiger partial charge is 0.180 e. The molecule has 1 aromatic rings. The van der Waals surface area contributed by atoms with E-state index in [0.29, 0.717) is 10.9 Å². The number of hydrogen-bond acceptors (Lipinski definition) is 4. The largest absolute Gasteiger partial charge is 0.311 e. The van der Waals surface area contributed by atoms with E-state index < -0.39 is 9.84 Å². The highest BCUT2D eigenvalue weighted by Crippen LogP contribution is 2.20. The Bertz CT molecular complexity index is 515. The minimum absolute atomic E-state index is 0.256. The molecule has 2 atom stereocenters. The Morgan fingerprint density at radius 2 is 1.74 bits per heavy atom. The summed E-state index contributed by atoms with van der Waals surface area (Å²) in [7, 11) is -3.17. The highest BCUT2D eigenvalue weighted by molar-refractivity contribution is 7.92. The SMILES string of the molecule is CC1CN[C@H](c2ccc(S(=O)(=O)C(C)C)cc2)CN1. The van der Waals surface area contributed by atoms with Crippen molar-refractivity contribution in [3.63, 3.8) is 0 Å². The van der Waals surface area contributed by atoms with Gasteiger partial charge in [0.05, 0.1) is 10.1 Å². The second-order valence-electron chi connectivity index (χ2n) is 5.43. The first-order valence-electron chi connectivity index (χ1n) is 6.72. The molecule has 1 aliphatic heterocycles. The van der Waals surface area contributed by atoms with Gasteiger partial charge in [-0.25, -0.2) is 8.42 Å². The third-order valence-electron chi connectivity index (χ3n) is 3.57. The van der Waals surface area contributed by atoms with Gasteiger partial charge in [-0.1, -0.05) is 12.1 Å². The predicted molar refractivity (Wildman–Crippen MR) is 77.0 cm³/mol. The lowest BCUT2D eigenvalue weighted by molar-refractivity contribution is 0.366. The minimum atomic E-state index is -3.17. The van der Waals surface area contributed by atoms with Crippen LogP contribution >= 0.6 is 0 Å². The number of rotatable bonds is 3. The Kier molecular flexibility index (Phi) is 4.28. The van der Waals surface area contributed by atoms with Crippen molar-refractivity contribution in [3.05, 3.63) is 29.8 Å². The van der Waals surface area contributed by atoms with Gasteiger partial charge in [-0.3, -0.25) is 0 Å². The summed E-state index contributed by atoms with van der Waals surface area (Å²) in [4.78, 5) is 0.406. The molecule has 4 nitrogen and oxygen atoms in total. The summed E-state index contributed by atoms with van der Waals surface area (Å²) >= 11 is 0. The topological polar surface area (TPSA) is 58.2 Å². The highest BCUT2D eigenvalue weighted by Gasteiger charge is 2.21. The molecule has 0 bridgehead atoms. The molecular formula is C14H22N2O2S. The van der Waals surface area contributed by atoms with E-state index in [1.54, 1.807) is 26.0 Å². The molecule has 5 heteroatoms. The Hall–Kier alpha value is -0.910. The molecule has 0 amide bonds. The number of nitrogens with one attached hydrogen (secondary N) is 2. The summed E-state index contributed by atoms with van der Waals surface area (Å²) < 4.78 is 24.1. The molecule has 106 valence electrons. The van der Waals surface area contributed by atoms with Crippen LogP contribution in [0.4, 0.5) is 0 Å². The van der Waals surface area contributed by atoms with Crippen LogP contribution in [0.15, 0.2) is 29.2 Å². The van der Waals surface area contributed by atoms with Crippen LogP contribution in [-0.2, 0) is 9.84 Å². The maximum absolute atomic E-state index is 12.0. The van der Waals surface area contributed by atoms with Crippen molar-refractivity contribution in [2.24, 2.45) is 0 Å². The fourth-order valence-electron chi connectivity index (χ4n) is 2.18. The van der Waals surface area contributed by atoms with Crippen molar-refractivity contribution >= 4 is 9.84 Å². The van der Waals surface area contributed by atoms with Gasteiger partial charge in [0.15, 0.2) is 9.84 Å². The zero-order valence-corrected chi connectivity index (χ0v) is 12.5. The van der Waals surface area contributed by atoms with Crippen molar-refractivity contribution < 1.29 is 8.42 Å². The quantitative estimate of drug-likeness (QED) is 0.882. The van der Waals surface area contributed by atoms with Gasteiger partial charge in [0.25, 0.3) is 0 Å². The summed E-state index contributed by atoms with van der Waals surface area (Å²) in [6.07, 6.45) is 0. The predicted octanol–water partition coefficient (Wildman–Crippen LogP) is 1.49. The van der Waals surface area contributed by atoms with Gasteiger partial charge in [0.2, 0.25) is 0 Å². The summed E-state index contributed by atoms with van der Waals surface area (Å²) in [6, 6.07) is 7.98. The summed E-state index contributed by atoms with van der Waals surface area (Å²) in [5.41, 5.74) is 1.13. The monoisotopic (exact) mass is 282 g/mol. The lowest BCUT2D eigenvalue weighted by atomic mass is 10.0. The van der Waals surface area contributed by atoms with Crippen LogP contribution < -0.4 is 10.6 Å². The first-order valence-corrected chi connectivity index (χ1v) is 8.26. The molecule has 1 unspecified atom stereocenters. The highest BCUT2D eigenvalue weighted by atomic mass is 32.2. The molecule has 19 heavy (non-hydrogen) atoms. The summed E-state index contributed by atoms with van der Waals surface area (Å²) in [6.45, 7) is 7.35. The van der Waals surface area contributed by atoms with E-state index in [2.05, 4.69) is 17.6 Å². The van der Waals surface area contributed by atoms with Gasteiger partial charge in [-0.05, 0) is 38.5 Å². The standard InChI is InChI=1S/C14H22N2O2S/c1-10(2)19(17,18)13-6-4-12(5-7-13)14-9-15-11(3)8-16-14/h4-7,10-11,14-16H,8-9H2,1-3H3/t11?,14-/m0/s1. The molecule has 0 aromatic heterocycles. The molecule has 1 aliphatic rings. The number of sulfone groups is 1. The van der Waals surface area contributed by atoms with Crippen molar-refractivity contribution in [1.29, 1.82) is 0 Å². The maximum Gasteiger partial charge on any atom is 0.180 e. The van der Waals surface area contributed by atoms with Gasteiger partial charge in [-0.15, -0.1) is 0 Å². The van der Waals surface area contributed by atoms with Crippen molar-refractivity contribution in [3.8, 4) is 0 Å². The Morgan fingerprint density at radius 3 is 2.21 bits per heavy atom. The van der Waals surface area contributed by atoms with Crippen molar-refractivity contribution in [1.82, 2.24) is 10.6 Å². The lowest BCUT2D eigenvalue weighted by Gasteiger charge is -2.29. The molecule has 0 saturated carbocycles. The normalized spacial score (nSPS) is 24.6. The fourth-order valence-corrected chi connectivity index (χ4v) is 3.24. The zero-order valence-electron chi connectivity index (χ0n) is 11.7. The molecular weight excluding hydrogens is 260 g/mol. The second kappa shape index (κ2) is 5.61. The Balaban J connectivity index is 2.15. The van der Waals surface area contributed by atoms with E-state index in [1.807, 2.05) is 12.1 Å². The number of hydrogen-bond donors (Lipinski definition) is 2. The third-order valence-corrected chi connectivity index (χ3v) is 5.74. The average molecular weight is 282 g/mol. The van der Waals surface area contributed by atoms with Crippen LogP contribution in [-0.4, -0.2) is 32.8 Å². The van der Waals surface area contributed by atoms with Crippen LogP contribution in [0.3, 0.4) is 0 Å². The van der Waals surface area contributed by atoms with Crippen LogP contribution in [0.2, 0.25) is 0 Å². The molecule has 1 heterocycles. The minimum Gasteiger partial charge on any atom is -0.311 e. The van der Waals surface area contributed by atoms with Crippen LogP contribution in [0.25, 0.3) is 0 Å². The maximum atomic E-state index is 12.0. The van der Waals surface area contributed by atoms with E-state index in [9.17, 15) is 8.42 Å². The first kappa shape index (κ1) is 14.5. The molecule has 1 aromatic carbocycles. The molecule has 0 radical (unpaired) electrons. The number of piperazine rings is 1. The fraction of sp³-hybridized carbons (Fsp3) is 0.571. The van der Waals surface area contributed by atoms with Crippen LogP contribution in [0, 0.1) is 0 Å². The second-order valence-corrected chi connectivity index (χ2v) is 7.94. The number of benzene rings is 1. The van der Waals surface area contributed by atoms with E-state index in [-0.39, 0.29) is 11.3 Å². The zero-order chi connectivity index (χ0) is 14.0. The molecule has 1 saturated heterocycles. The van der Waals surface area contributed by atoms with Crippen molar-refractivity contribution in [2.75, 3.05) is 13.1 Å². The van der Waals surface area contributed by atoms with Crippen LogP contribution in [0.1, 0.15) is 32.4 Å². The van der Waals surface area contributed by atoms with Gasteiger partial charge >= 0.3 is 0 Å².